The van der Waals surface area contributed by atoms with Crippen molar-refractivity contribution >= 4 is 5.91 Å². The van der Waals surface area contributed by atoms with Crippen molar-refractivity contribution in [2.45, 2.75) is 25.4 Å². The first-order valence-corrected chi connectivity index (χ1v) is 9.25. The van der Waals surface area contributed by atoms with Gasteiger partial charge in [0.05, 0.1) is 26.5 Å². The average Bonchev–Trinajstić information content (AvgIpc) is 3.39. The van der Waals surface area contributed by atoms with Crippen molar-refractivity contribution in [3.05, 3.63) is 64.1 Å². The topological polar surface area (TPSA) is 95.6 Å². The minimum atomic E-state index is -0.353. The van der Waals surface area contributed by atoms with Gasteiger partial charge >= 0.3 is 0 Å². The lowest BCUT2D eigenvalue weighted by Gasteiger charge is -2.16. The van der Waals surface area contributed by atoms with E-state index in [1.807, 2.05) is 12.1 Å². The number of nitrogens with zero attached hydrogens (tertiary/aromatic N) is 2. The van der Waals surface area contributed by atoms with Crippen LogP contribution in [0.25, 0.3) is 11.5 Å². The van der Waals surface area contributed by atoms with E-state index in [1.54, 1.807) is 32.4 Å². The molecule has 0 spiro atoms. The Balaban J connectivity index is 1.51. The molecule has 1 atom stereocenters. The maximum Gasteiger partial charge on any atom is 0.267 e. The summed E-state index contributed by atoms with van der Waals surface area (Å²) in [5, 5.41) is 7.23. The van der Waals surface area contributed by atoms with Gasteiger partial charge in [-0.15, -0.1) is 0 Å². The van der Waals surface area contributed by atoms with Crippen molar-refractivity contribution < 1.29 is 18.7 Å². The molecule has 29 heavy (non-hydrogen) atoms. The van der Waals surface area contributed by atoms with E-state index in [1.165, 1.54) is 12.3 Å². The molecule has 2 aromatic heterocycles. The SMILES string of the molecule is COc1cc2c(cc1OC)[C@@H](NC(=O)Cn1nc(-c3ccco3)ccc1=O)CC2. The Morgan fingerprint density at radius 2 is 2.03 bits per heavy atom. The standard InChI is InChI=1S/C21H21N3O5/c1-27-18-10-13-5-6-15(14(13)11-19(18)28-2)22-20(25)12-24-21(26)8-7-16(23-24)17-4-3-9-29-17/h3-4,7-11,15H,5-6,12H2,1-2H3,(H,22,25)/t15-/m0/s1. The minimum absolute atomic E-state index is 0.152. The van der Waals surface area contributed by atoms with Crippen LogP contribution in [0.2, 0.25) is 0 Å². The van der Waals surface area contributed by atoms with Gasteiger partial charge < -0.3 is 19.2 Å². The predicted molar refractivity (Wildman–Crippen MR) is 105 cm³/mol. The predicted octanol–water partition coefficient (Wildman–Crippen LogP) is 2.32. The Morgan fingerprint density at radius 3 is 2.76 bits per heavy atom. The molecule has 1 aliphatic rings. The first kappa shape index (κ1) is 18.8. The van der Waals surface area contributed by atoms with Gasteiger partial charge in [-0.3, -0.25) is 9.59 Å². The average molecular weight is 395 g/mol. The van der Waals surface area contributed by atoms with Gasteiger partial charge in [0.25, 0.3) is 5.56 Å². The summed E-state index contributed by atoms with van der Waals surface area (Å²) in [7, 11) is 3.18. The maximum absolute atomic E-state index is 12.6. The van der Waals surface area contributed by atoms with Crippen molar-refractivity contribution in [1.29, 1.82) is 0 Å². The van der Waals surface area contributed by atoms with Crippen molar-refractivity contribution in [1.82, 2.24) is 15.1 Å². The largest absolute Gasteiger partial charge is 0.493 e. The quantitative estimate of drug-likeness (QED) is 0.688. The molecule has 0 saturated carbocycles. The molecule has 2 heterocycles. The Hall–Kier alpha value is -3.55. The molecule has 1 aliphatic carbocycles. The molecule has 150 valence electrons. The van der Waals surface area contributed by atoms with Gasteiger partial charge in [0.2, 0.25) is 5.91 Å². The lowest BCUT2D eigenvalue weighted by molar-refractivity contribution is -0.122. The minimum Gasteiger partial charge on any atom is -0.493 e. The van der Waals surface area contributed by atoms with E-state index in [2.05, 4.69) is 10.4 Å². The normalized spacial score (nSPS) is 15.0. The van der Waals surface area contributed by atoms with Gasteiger partial charge in [0, 0.05) is 6.07 Å². The number of nitrogens with one attached hydrogen (secondary N) is 1. The van der Waals surface area contributed by atoms with Crippen molar-refractivity contribution in [2.24, 2.45) is 0 Å². The molecule has 0 fully saturated rings. The lowest BCUT2D eigenvalue weighted by Crippen LogP contribution is -2.35. The molecule has 8 nitrogen and oxygen atoms in total. The number of amides is 1. The van der Waals surface area contributed by atoms with E-state index in [4.69, 9.17) is 13.9 Å². The molecule has 8 heteroatoms. The fraction of sp³-hybridized carbons (Fsp3) is 0.286. The molecule has 0 aliphatic heterocycles. The Labute approximate surface area is 167 Å². The molecule has 0 unspecified atom stereocenters. The van der Waals surface area contributed by atoms with E-state index in [-0.39, 0.29) is 24.1 Å². The van der Waals surface area contributed by atoms with E-state index >= 15 is 0 Å². The highest BCUT2D eigenvalue weighted by atomic mass is 16.5. The van der Waals surface area contributed by atoms with Gasteiger partial charge in [-0.05, 0) is 54.3 Å². The summed E-state index contributed by atoms with van der Waals surface area (Å²) in [6, 6.07) is 10.1. The number of aromatic nitrogens is 2. The summed E-state index contributed by atoms with van der Waals surface area (Å²) in [6.07, 6.45) is 3.12. The fourth-order valence-corrected chi connectivity index (χ4v) is 3.58. The maximum atomic E-state index is 12.6. The third-order valence-electron chi connectivity index (χ3n) is 4.99. The van der Waals surface area contributed by atoms with Gasteiger partial charge in [-0.25, -0.2) is 4.68 Å². The second-order valence-electron chi connectivity index (χ2n) is 6.76. The highest BCUT2D eigenvalue weighted by Crippen LogP contribution is 2.39. The molecule has 3 aromatic rings. The van der Waals surface area contributed by atoms with E-state index < -0.39 is 0 Å². The third kappa shape index (κ3) is 3.73. The van der Waals surface area contributed by atoms with Crippen LogP contribution in [0.3, 0.4) is 0 Å². The molecular weight excluding hydrogens is 374 g/mol. The number of methoxy groups -OCH3 is 2. The number of hydrogen-bond acceptors (Lipinski definition) is 6. The Kier molecular flexibility index (Phi) is 5.07. The zero-order valence-corrected chi connectivity index (χ0v) is 16.2. The zero-order valence-electron chi connectivity index (χ0n) is 16.2. The number of furan rings is 1. The highest BCUT2D eigenvalue weighted by molar-refractivity contribution is 5.76. The first-order valence-electron chi connectivity index (χ1n) is 9.25. The van der Waals surface area contributed by atoms with E-state index in [0.29, 0.717) is 23.0 Å². The third-order valence-corrected chi connectivity index (χ3v) is 4.99. The first-order chi connectivity index (χ1) is 14.1. The Bertz CT molecular complexity index is 1090. The highest BCUT2D eigenvalue weighted by Gasteiger charge is 2.26. The van der Waals surface area contributed by atoms with Crippen LogP contribution in [0.15, 0.2) is 51.9 Å². The molecule has 1 N–H and O–H groups in total. The van der Waals surface area contributed by atoms with Gasteiger partial charge in [0.1, 0.15) is 12.2 Å². The fourth-order valence-electron chi connectivity index (χ4n) is 3.58. The number of carbonyl (C=O) groups excluding carboxylic acids is 1. The number of fused-ring (bicyclic) bond motifs is 1. The van der Waals surface area contributed by atoms with Crippen LogP contribution in [0.4, 0.5) is 0 Å². The number of aryl methyl sites for hydroxylation is 1. The summed E-state index contributed by atoms with van der Waals surface area (Å²) >= 11 is 0. The summed E-state index contributed by atoms with van der Waals surface area (Å²) in [5.41, 5.74) is 2.25. The molecule has 1 amide bonds. The molecule has 0 radical (unpaired) electrons. The van der Waals surface area contributed by atoms with E-state index in [0.717, 1.165) is 28.7 Å². The lowest BCUT2D eigenvalue weighted by atomic mass is 10.1. The van der Waals surface area contributed by atoms with Gasteiger partial charge in [-0.2, -0.15) is 5.10 Å². The summed E-state index contributed by atoms with van der Waals surface area (Å²) in [5.74, 6) is 1.54. The number of rotatable bonds is 6. The number of benzene rings is 1. The van der Waals surface area contributed by atoms with Crippen LogP contribution < -0.4 is 20.3 Å². The molecule has 0 bridgehead atoms. The molecule has 1 aromatic carbocycles. The zero-order chi connectivity index (χ0) is 20.4. The number of ether oxygens (including phenoxy) is 2. The smallest absolute Gasteiger partial charge is 0.267 e. The molecular formula is C21H21N3O5. The van der Waals surface area contributed by atoms with Gasteiger partial charge in [0.15, 0.2) is 17.3 Å². The molecule has 0 saturated heterocycles. The van der Waals surface area contributed by atoms with Crippen LogP contribution in [0.1, 0.15) is 23.6 Å². The Morgan fingerprint density at radius 1 is 1.24 bits per heavy atom. The van der Waals surface area contributed by atoms with Crippen LogP contribution in [-0.2, 0) is 17.8 Å². The summed E-state index contributed by atoms with van der Waals surface area (Å²) in [4.78, 5) is 24.7. The summed E-state index contributed by atoms with van der Waals surface area (Å²) < 4.78 is 17.2. The van der Waals surface area contributed by atoms with E-state index in [9.17, 15) is 9.59 Å². The number of carbonyl (C=O) groups is 1. The second-order valence-corrected chi connectivity index (χ2v) is 6.76. The van der Waals surface area contributed by atoms with Crippen molar-refractivity contribution in [3.8, 4) is 23.0 Å². The monoisotopic (exact) mass is 395 g/mol. The van der Waals surface area contributed by atoms with Crippen LogP contribution in [0, 0.1) is 0 Å². The van der Waals surface area contributed by atoms with Gasteiger partial charge in [-0.1, -0.05) is 0 Å². The summed E-state index contributed by atoms with van der Waals surface area (Å²) in [6.45, 7) is -0.174. The van der Waals surface area contributed by atoms with Crippen molar-refractivity contribution in [2.75, 3.05) is 14.2 Å². The van der Waals surface area contributed by atoms with Crippen molar-refractivity contribution in [3.63, 3.8) is 0 Å². The van der Waals surface area contributed by atoms with Crippen LogP contribution in [-0.4, -0.2) is 29.9 Å². The number of hydrogen-bond donors (Lipinski definition) is 1. The van der Waals surface area contributed by atoms with Crippen LogP contribution >= 0.6 is 0 Å². The van der Waals surface area contributed by atoms with Crippen LogP contribution in [0.5, 0.6) is 11.5 Å². The second kappa shape index (κ2) is 7.83. The molecule has 4 rings (SSSR count).